The van der Waals surface area contributed by atoms with Crippen LogP contribution in [0.1, 0.15) is 42.7 Å². The summed E-state index contributed by atoms with van der Waals surface area (Å²) in [5, 5.41) is 5.62. The number of carbonyl (C=O) groups is 2. The van der Waals surface area contributed by atoms with Crippen molar-refractivity contribution in [3.05, 3.63) is 35.4 Å². The van der Waals surface area contributed by atoms with E-state index in [-0.39, 0.29) is 24.1 Å². The second-order valence-corrected chi connectivity index (χ2v) is 7.38. The molecule has 146 valence electrons. The van der Waals surface area contributed by atoms with Crippen molar-refractivity contribution in [3.8, 4) is 0 Å². The third-order valence-corrected chi connectivity index (χ3v) is 5.23. The number of fused-ring (bicyclic) bond motifs is 1. The first-order chi connectivity index (χ1) is 13.5. The molecule has 1 aromatic heterocycles. The Bertz CT molecular complexity index is 906. The van der Waals surface area contributed by atoms with Gasteiger partial charge in [-0.05, 0) is 38.3 Å². The number of piperidine rings is 1. The molecular formula is C20H24N6O2. The van der Waals surface area contributed by atoms with Crippen LogP contribution >= 0.6 is 0 Å². The van der Waals surface area contributed by atoms with Crippen LogP contribution in [0, 0.1) is 6.92 Å². The van der Waals surface area contributed by atoms with E-state index < -0.39 is 5.92 Å². The number of nitrogens with two attached hydrogens (primary N) is 1. The molecule has 4 N–H and O–H groups in total. The fourth-order valence-corrected chi connectivity index (χ4v) is 3.71. The van der Waals surface area contributed by atoms with Crippen LogP contribution < -0.4 is 21.3 Å². The first-order valence-corrected chi connectivity index (χ1v) is 9.61. The number of rotatable bonds is 3. The maximum Gasteiger partial charge on any atom is 0.232 e. The first kappa shape index (κ1) is 18.2. The van der Waals surface area contributed by atoms with E-state index in [1.807, 2.05) is 31.2 Å². The number of nitrogens with one attached hydrogen (secondary N) is 2. The standard InChI is InChI=1S/C20H24N6O2/c1-12-5-7-13(8-6-12)22-19(28)14-11-15(27)23-18-16(14)17(21)24-20(25-18)26-9-3-2-4-10-26/h5-8,14H,2-4,9-11H2,1H3,(H,22,28)(H3,21,23,24,25,27). The van der Waals surface area contributed by atoms with Crippen molar-refractivity contribution < 1.29 is 9.59 Å². The minimum absolute atomic E-state index is 0.0152. The number of aromatic nitrogens is 2. The molecule has 28 heavy (non-hydrogen) atoms. The Hall–Kier alpha value is -3.16. The predicted molar refractivity (Wildman–Crippen MR) is 108 cm³/mol. The second kappa shape index (κ2) is 7.46. The number of amides is 2. The highest BCUT2D eigenvalue weighted by molar-refractivity contribution is 6.05. The molecule has 2 aliphatic rings. The molecule has 1 unspecified atom stereocenters. The maximum atomic E-state index is 12.9. The Morgan fingerprint density at radius 1 is 1.18 bits per heavy atom. The molecule has 1 aromatic carbocycles. The highest BCUT2D eigenvalue weighted by Crippen LogP contribution is 2.36. The number of nitrogen functional groups attached to an aromatic ring is 1. The van der Waals surface area contributed by atoms with Gasteiger partial charge in [-0.25, -0.2) is 0 Å². The first-order valence-electron chi connectivity index (χ1n) is 9.61. The van der Waals surface area contributed by atoms with E-state index in [2.05, 4.69) is 25.5 Å². The van der Waals surface area contributed by atoms with Crippen LogP contribution in [-0.4, -0.2) is 34.9 Å². The average Bonchev–Trinajstić information content (AvgIpc) is 2.69. The van der Waals surface area contributed by atoms with Gasteiger partial charge in [0.1, 0.15) is 11.6 Å². The van der Waals surface area contributed by atoms with Gasteiger partial charge in [-0.1, -0.05) is 17.7 Å². The molecule has 0 radical (unpaired) electrons. The third-order valence-electron chi connectivity index (χ3n) is 5.23. The van der Waals surface area contributed by atoms with Gasteiger partial charge in [-0.15, -0.1) is 0 Å². The Morgan fingerprint density at radius 2 is 1.89 bits per heavy atom. The predicted octanol–water partition coefficient (Wildman–Crippen LogP) is 2.42. The highest BCUT2D eigenvalue weighted by Gasteiger charge is 2.35. The third kappa shape index (κ3) is 3.62. The van der Waals surface area contributed by atoms with Crippen molar-refractivity contribution in [3.63, 3.8) is 0 Å². The zero-order valence-corrected chi connectivity index (χ0v) is 15.9. The fraction of sp³-hybridized carbons (Fsp3) is 0.400. The van der Waals surface area contributed by atoms with E-state index in [1.54, 1.807) is 0 Å². The summed E-state index contributed by atoms with van der Waals surface area (Å²) in [7, 11) is 0. The van der Waals surface area contributed by atoms with Gasteiger partial charge in [0.15, 0.2) is 0 Å². The maximum absolute atomic E-state index is 12.9. The second-order valence-electron chi connectivity index (χ2n) is 7.38. The molecule has 2 aromatic rings. The van der Waals surface area contributed by atoms with E-state index >= 15 is 0 Å². The van der Waals surface area contributed by atoms with Crippen LogP contribution in [-0.2, 0) is 9.59 Å². The van der Waals surface area contributed by atoms with Gasteiger partial charge < -0.3 is 21.3 Å². The number of aryl methyl sites for hydroxylation is 1. The lowest BCUT2D eigenvalue weighted by Gasteiger charge is -2.30. The lowest BCUT2D eigenvalue weighted by atomic mass is 9.91. The van der Waals surface area contributed by atoms with Crippen LogP contribution in [0.15, 0.2) is 24.3 Å². The average molecular weight is 380 g/mol. The lowest BCUT2D eigenvalue weighted by Crippen LogP contribution is -2.35. The van der Waals surface area contributed by atoms with Crippen LogP contribution in [0.25, 0.3) is 0 Å². The normalized spacial score (nSPS) is 19.0. The SMILES string of the molecule is Cc1ccc(NC(=O)C2CC(=O)Nc3nc(N4CCCCC4)nc(N)c32)cc1. The minimum Gasteiger partial charge on any atom is -0.383 e. The van der Waals surface area contributed by atoms with Crippen molar-refractivity contribution >= 4 is 35.1 Å². The van der Waals surface area contributed by atoms with Crippen molar-refractivity contribution in [2.24, 2.45) is 0 Å². The summed E-state index contributed by atoms with van der Waals surface area (Å²) in [6.07, 6.45) is 3.36. The van der Waals surface area contributed by atoms with Gasteiger partial charge in [0.25, 0.3) is 0 Å². The monoisotopic (exact) mass is 380 g/mol. The van der Waals surface area contributed by atoms with Gasteiger partial charge in [-0.3, -0.25) is 9.59 Å². The van der Waals surface area contributed by atoms with Crippen LogP contribution in [0.2, 0.25) is 0 Å². The fourth-order valence-electron chi connectivity index (χ4n) is 3.71. The van der Waals surface area contributed by atoms with Gasteiger partial charge in [0.05, 0.1) is 11.5 Å². The van der Waals surface area contributed by atoms with Crippen molar-refractivity contribution in [1.82, 2.24) is 9.97 Å². The van der Waals surface area contributed by atoms with Crippen molar-refractivity contribution in [2.75, 3.05) is 34.4 Å². The van der Waals surface area contributed by atoms with Crippen molar-refractivity contribution in [2.45, 2.75) is 38.5 Å². The Morgan fingerprint density at radius 3 is 2.61 bits per heavy atom. The smallest absolute Gasteiger partial charge is 0.232 e. The largest absolute Gasteiger partial charge is 0.383 e. The Labute approximate surface area is 163 Å². The number of anilines is 4. The minimum atomic E-state index is -0.722. The molecule has 0 aliphatic carbocycles. The number of nitrogens with zero attached hydrogens (tertiary/aromatic N) is 3. The molecule has 4 rings (SSSR count). The van der Waals surface area contributed by atoms with Crippen LogP contribution in [0.5, 0.6) is 0 Å². The molecule has 2 aliphatic heterocycles. The molecule has 1 fully saturated rings. The molecule has 0 saturated carbocycles. The number of carbonyl (C=O) groups excluding carboxylic acids is 2. The molecular weight excluding hydrogens is 356 g/mol. The zero-order chi connectivity index (χ0) is 19.7. The molecule has 8 nitrogen and oxygen atoms in total. The Kier molecular flexibility index (Phi) is 4.85. The van der Waals surface area contributed by atoms with E-state index in [0.29, 0.717) is 23.0 Å². The number of benzene rings is 1. The van der Waals surface area contributed by atoms with Gasteiger partial charge >= 0.3 is 0 Å². The van der Waals surface area contributed by atoms with Crippen LogP contribution in [0.4, 0.5) is 23.3 Å². The quantitative estimate of drug-likeness (QED) is 0.754. The van der Waals surface area contributed by atoms with Crippen molar-refractivity contribution in [1.29, 1.82) is 0 Å². The summed E-state index contributed by atoms with van der Waals surface area (Å²) < 4.78 is 0. The van der Waals surface area contributed by atoms with Crippen LogP contribution in [0.3, 0.4) is 0 Å². The van der Waals surface area contributed by atoms with Gasteiger partial charge in [0, 0.05) is 25.2 Å². The molecule has 8 heteroatoms. The molecule has 0 spiro atoms. The van der Waals surface area contributed by atoms with Gasteiger partial charge in [0.2, 0.25) is 17.8 Å². The molecule has 2 amide bonds. The molecule has 1 saturated heterocycles. The van der Waals surface area contributed by atoms with E-state index in [9.17, 15) is 9.59 Å². The number of hydrogen-bond acceptors (Lipinski definition) is 6. The molecule has 1 atom stereocenters. The Balaban J connectivity index is 1.63. The van der Waals surface area contributed by atoms with E-state index in [0.717, 1.165) is 31.5 Å². The lowest BCUT2D eigenvalue weighted by molar-refractivity contribution is -0.123. The van der Waals surface area contributed by atoms with E-state index in [4.69, 9.17) is 5.73 Å². The van der Waals surface area contributed by atoms with E-state index in [1.165, 1.54) is 6.42 Å². The molecule has 3 heterocycles. The summed E-state index contributed by atoms with van der Waals surface area (Å²) >= 11 is 0. The number of hydrogen-bond donors (Lipinski definition) is 3. The summed E-state index contributed by atoms with van der Waals surface area (Å²) in [6, 6.07) is 7.49. The highest BCUT2D eigenvalue weighted by atomic mass is 16.2. The summed E-state index contributed by atoms with van der Waals surface area (Å²) in [4.78, 5) is 36.2. The summed E-state index contributed by atoms with van der Waals surface area (Å²) in [6.45, 7) is 3.71. The summed E-state index contributed by atoms with van der Waals surface area (Å²) in [5.41, 5.74) is 8.49. The molecule has 0 bridgehead atoms. The summed E-state index contributed by atoms with van der Waals surface area (Å²) in [5.74, 6) is -0.167. The zero-order valence-electron chi connectivity index (χ0n) is 15.9. The topological polar surface area (TPSA) is 113 Å². The van der Waals surface area contributed by atoms with Gasteiger partial charge in [-0.2, -0.15) is 9.97 Å².